The summed E-state index contributed by atoms with van der Waals surface area (Å²) in [5.41, 5.74) is 4.52. The highest BCUT2D eigenvalue weighted by atomic mass is 35.5. The maximum Gasteiger partial charge on any atom is 0.264 e. The van der Waals surface area contributed by atoms with Crippen molar-refractivity contribution >= 4 is 38.9 Å². The predicted molar refractivity (Wildman–Crippen MR) is 116 cm³/mol. The lowest BCUT2D eigenvalue weighted by molar-refractivity contribution is -0.119. The summed E-state index contributed by atoms with van der Waals surface area (Å²) in [6, 6.07) is 13.0. The summed E-state index contributed by atoms with van der Waals surface area (Å²) >= 11 is 6.11. The third-order valence-corrected chi connectivity index (χ3v) is 6.84. The molecule has 0 bridgehead atoms. The molecule has 0 heterocycles. The molecule has 0 saturated heterocycles. The normalized spacial score (nSPS) is 14.3. The van der Waals surface area contributed by atoms with E-state index in [0.717, 1.165) is 35.7 Å². The van der Waals surface area contributed by atoms with Gasteiger partial charge in [0.05, 0.1) is 10.6 Å². The van der Waals surface area contributed by atoms with E-state index < -0.39 is 22.5 Å². The Hall–Kier alpha value is -2.38. The van der Waals surface area contributed by atoms with Crippen LogP contribution in [0, 0.1) is 6.92 Å². The number of benzene rings is 2. The van der Waals surface area contributed by atoms with Crippen molar-refractivity contribution in [2.45, 2.75) is 43.9 Å². The molecule has 1 saturated carbocycles. The van der Waals surface area contributed by atoms with Crippen LogP contribution in [0.15, 0.2) is 58.5 Å². The zero-order chi connectivity index (χ0) is 20.9. The first kappa shape index (κ1) is 21.3. The highest BCUT2D eigenvalue weighted by Crippen LogP contribution is 2.29. The topological polar surface area (TPSA) is 78.8 Å². The van der Waals surface area contributed by atoms with E-state index in [1.54, 1.807) is 43.3 Å². The van der Waals surface area contributed by atoms with Gasteiger partial charge in [0, 0.05) is 10.7 Å². The summed E-state index contributed by atoms with van der Waals surface area (Å²) in [7, 11) is -3.97. The molecule has 29 heavy (non-hydrogen) atoms. The van der Waals surface area contributed by atoms with Gasteiger partial charge in [-0.1, -0.05) is 42.3 Å². The number of sulfonamides is 1. The Morgan fingerprint density at radius 2 is 1.79 bits per heavy atom. The fourth-order valence-corrected chi connectivity index (χ4v) is 4.91. The van der Waals surface area contributed by atoms with Gasteiger partial charge < -0.3 is 0 Å². The van der Waals surface area contributed by atoms with Crippen LogP contribution in [0.3, 0.4) is 0 Å². The van der Waals surface area contributed by atoms with E-state index in [4.69, 9.17) is 11.6 Å². The first-order valence-electron chi connectivity index (χ1n) is 9.56. The molecule has 1 N–H and O–H groups in total. The van der Waals surface area contributed by atoms with Crippen molar-refractivity contribution in [3.63, 3.8) is 0 Å². The number of hydrogen-bond acceptors (Lipinski definition) is 4. The average molecular weight is 434 g/mol. The molecule has 8 heteroatoms. The largest absolute Gasteiger partial charge is 0.271 e. The van der Waals surface area contributed by atoms with E-state index >= 15 is 0 Å². The molecule has 1 aliphatic rings. The van der Waals surface area contributed by atoms with Crippen LogP contribution >= 0.6 is 11.6 Å². The highest BCUT2D eigenvalue weighted by Gasteiger charge is 2.28. The fourth-order valence-electron chi connectivity index (χ4n) is 3.25. The van der Waals surface area contributed by atoms with E-state index in [1.165, 1.54) is 18.6 Å². The van der Waals surface area contributed by atoms with Gasteiger partial charge in [0.15, 0.2) is 0 Å². The van der Waals surface area contributed by atoms with Gasteiger partial charge in [0.2, 0.25) is 0 Å². The molecule has 0 spiro atoms. The van der Waals surface area contributed by atoms with Gasteiger partial charge in [-0.05, 0) is 62.4 Å². The zero-order valence-electron chi connectivity index (χ0n) is 16.3. The summed E-state index contributed by atoms with van der Waals surface area (Å²) in [5, 5.41) is 4.58. The number of carbonyl (C=O) groups excluding carboxylic acids is 1. The van der Waals surface area contributed by atoms with Crippen molar-refractivity contribution in [2.75, 3.05) is 10.8 Å². The lowest BCUT2D eigenvalue weighted by Crippen LogP contribution is -2.40. The maximum atomic E-state index is 13.3. The standard InChI is InChI=1S/C21H24ClN3O3S/c1-16-12-13-17(22)14-20(16)25(29(27,28)19-10-6-3-7-11-19)15-21(26)24-23-18-8-4-2-5-9-18/h3,6-7,10-14H,2,4-5,8-9,15H2,1H3,(H,24,26). The smallest absolute Gasteiger partial charge is 0.264 e. The van der Waals surface area contributed by atoms with E-state index in [-0.39, 0.29) is 4.90 Å². The number of amides is 1. The number of rotatable bonds is 6. The molecule has 154 valence electrons. The minimum Gasteiger partial charge on any atom is -0.271 e. The molecular weight excluding hydrogens is 410 g/mol. The lowest BCUT2D eigenvalue weighted by atomic mass is 9.99. The second-order valence-corrected chi connectivity index (χ2v) is 9.33. The van der Waals surface area contributed by atoms with Crippen LogP contribution in [0.5, 0.6) is 0 Å². The summed E-state index contributed by atoms with van der Waals surface area (Å²) in [6.45, 7) is 1.38. The quantitative estimate of drug-likeness (QED) is 0.690. The van der Waals surface area contributed by atoms with Crippen molar-refractivity contribution in [1.29, 1.82) is 0 Å². The molecule has 0 radical (unpaired) electrons. The first-order valence-corrected chi connectivity index (χ1v) is 11.4. The predicted octanol–water partition coefficient (Wildman–Crippen LogP) is 4.28. The fraction of sp³-hybridized carbons (Fsp3) is 0.333. The molecule has 3 rings (SSSR count). The Labute approximate surface area is 176 Å². The molecule has 2 aromatic rings. The van der Waals surface area contributed by atoms with Crippen LogP contribution in [0.25, 0.3) is 0 Å². The van der Waals surface area contributed by atoms with Crippen molar-refractivity contribution < 1.29 is 13.2 Å². The Morgan fingerprint density at radius 3 is 2.48 bits per heavy atom. The Kier molecular flexibility index (Phi) is 6.92. The molecule has 6 nitrogen and oxygen atoms in total. The number of nitrogens with one attached hydrogen (secondary N) is 1. The van der Waals surface area contributed by atoms with Gasteiger partial charge in [0.1, 0.15) is 6.54 Å². The Morgan fingerprint density at radius 1 is 1.10 bits per heavy atom. The van der Waals surface area contributed by atoms with Gasteiger partial charge in [-0.15, -0.1) is 0 Å². The van der Waals surface area contributed by atoms with E-state index in [9.17, 15) is 13.2 Å². The molecule has 0 atom stereocenters. The summed E-state index contributed by atoms with van der Waals surface area (Å²) in [4.78, 5) is 12.7. The van der Waals surface area contributed by atoms with Gasteiger partial charge >= 0.3 is 0 Å². The Balaban J connectivity index is 1.91. The summed E-state index contributed by atoms with van der Waals surface area (Å²) in [6.07, 6.45) is 5.01. The summed E-state index contributed by atoms with van der Waals surface area (Å²) in [5.74, 6) is -0.498. The number of halogens is 1. The van der Waals surface area contributed by atoms with E-state index in [0.29, 0.717) is 16.3 Å². The monoisotopic (exact) mass is 433 g/mol. The molecule has 0 aliphatic heterocycles. The number of carbonyl (C=O) groups is 1. The number of hydrazone groups is 1. The molecule has 1 amide bonds. The number of anilines is 1. The molecule has 0 aromatic heterocycles. The van der Waals surface area contributed by atoms with Crippen molar-refractivity contribution in [2.24, 2.45) is 5.10 Å². The second-order valence-electron chi connectivity index (χ2n) is 7.03. The maximum absolute atomic E-state index is 13.3. The molecule has 0 unspecified atom stereocenters. The third kappa shape index (κ3) is 5.36. The van der Waals surface area contributed by atoms with Gasteiger partial charge in [-0.2, -0.15) is 5.10 Å². The van der Waals surface area contributed by atoms with Gasteiger partial charge in [0.25, 0.3) is 15.9 Å². The molecular formula is C21H24ClN3O3S. The second kappa shape index (κ2) is 9.41. The van der Waals surface area contributed by atoms with Crippen LogP contribution in [0.1, 0.15) is 37.7 Å². The van der Waals surface area contributed by atoms with Crippen LogP contribution in [-0.2, 0) is 14.8 Å². The zero-order valence-corrected chi connectivity index (χ0v) is 17.8. The molecule has 1 aliphatic carbocycles. The third-order valence-electron chi connectivity index (χ3n) is 4.83. The summed E-state index contributed by atoms with van der Waals surface area (Å²) < 4.78 is 27.7. The number of aryl methyl sites for hydroxylation is 1. The van der Waals surface area contributed by atoms with Crippen molar-refractivity contribution in [1.82, 2.24) is 5.43 Å². The number of hydrogen-bond donors (Lipinski definition) is 1. The molecule has 2 aromatic carbocycles. The van der Waals surface area contributed by atoms with Crippen LogP contribution in [0.2, 0.25) is 5.02 Å². The minimum absolute atomic E-state index is 0.103. The Bertz CT molecular complexity index is 999. The first-order chi connectivity index (χ1) is 13.9. The van der Waals surface area contributed by atoms with Crippen molar-refractivity contribution in [3.8, 4) is 0 Å². The van der Waals surface area contributed by atoms with Gasteiger partial charge in [-0.25, -0.2) is 13.8 Å². The van der Waals surface area contributed by atoms with E-state index in [2.05, 4.69) is 10.5 Å². The lowest BCUT2D eigenvalue weighted by Gasteiger charge is -2.25. The average Bonchev–Trinajstić information content (AvgIpc) is 2.73. The van der Waals surface area contributed by atoms with Crippen LogP contribution < -0.4 is 9.73 Å². The minimum atomic E-state index is -3.97. The van der Waals surface area contributed by atoms with Crippen LogP contribution in [0.4, 0.5) is 5.69 Å². The van der Waals surface area contributed by atoms with Crippen LogP contribution in [-0.4, -0.2) is 26.6 Å². The van der Waals surface area contributed by atoms with E-state index in [1.807, 2.05) is 0 Å². The molecule has 1 fully saturated rings. The number of nitrogens with zero attached hydrogens (tertiary/aromatic N) is 2. The SMILES string of the molecule is Cc1ccc(Cl)cc1N(CC(=O)NN=C1CCCCC1)S(=O)(=O)c1ccccc1. The van der Waals surface area contributed by atoms with Gasteiger partial charge in [-0.3, -0.25) is 9.10 Å². The highest BCUT2D eigenvalue weighted by molar-refractivity contribution is 7.92. The van der Waals surface area contributed by atoms with Crippen molar-refractivity contribution in [3.05, 3.63) is 59.1 Å².